The molecule has 86 valence electrons. The van der Waals surface area contributed by atoms with Gasteiger partial charge in [0.25, 0.3) is 0 Å². The van der Waals surface area contributed by atoms with E-state index < -0.39 is 8.32 Å². The van der Waals surface area contributed by atoms with Crippen LogP contribution in [0.4, 0.5) is 0 Å². The average Bonchev–Trinajstić information content (AvgIpc) is 2.47. The Kier molecular flexibility index (Phi) is 3.04. The van der Waals surface area contributed by atoms with Crippen molar-refractivity contribution in [1.82, 2.24) is 0 Å². The third-order valence-electron chi connectivity index (χ3n) is 3.61. The molecule has 2 fully saturated rings. The molecule has 0 unspecified atom stereocenters. The van der Waals surface area contributed by atoms with Crippen molar-refractivity contribution in [3.8, 4) is 0 Å². The Labute approximate surface area is 93.5 Å². The summed E-state index contributed by atoms with van der Waals surface area (Å²) in [5, 5.41) is 0. The number of carbonyl (C=O) groups is 1. The van der Waals surface area contributed by atoms with E-state index in [1.165, 1.54) is 12.8 Å². The van der Waals surface area contributed by atoms with Crippen molar-refractivity contribution in [3.05, 3.63) is 0 Å². The van der Waals surface area contributed by atoms with E-state index in [0.717, 1.165) is 19.3 Å². The zero-order chi connectivity index (χ0) is 11.1. The van der Waals surface area contributed by atoms with Gasteiger partial charge in [-0.05, 0) is 51.2 Å². The standard InChI is InChI=1S/C12H22O2Si/c1-15(2,3)14-11-8-7-9-5-4-6-10(13)12(9)11/h9,11-12H,4-8H2,1-3H3/t9-,11-,12+/m0/s1. The molecule has 15 heavy (non-hydrogen) atoms. The Morgan fingerprint density at radius 2 is 1.93 bits per heavy atom. The highest BCUT2D eigenvalue weighted by Gasteiger charge is 2.44. The normalized spacial score (nSPS) is 36.7. The minimum atomic E-state index is -1.48. The van der Waals surface area contributed by atoms with Crippen molar-refractivity contribution >= 4 is 14.1 Å². The molecule has 0 saturated heterocycles. The van der Waals surface area contributed by atoms with Gasteiger partial charge in [0.05, 0.1) is 6.10 Å². The molecule has 3 atom stereocenters. The fraction of sp³-hybridized carbons (Fsp3) is 0.917. The van der Waals surface area contributed by atoms with E-state index in [0.29, 0.717) is 11.7 Å². The topological polar surface area (TPSA) is 26.3 Å². The summed E-state index contributed by atoms with van der Waals surface area (Å²) in [4.78, 5) is 11.9. The first-order valence-corrected chi connectivity index (χ1v) is 9.59. The number of rotatable bonds is 2. The minimum absolute atomic E-state index is 0.255. The van der Waals surface area contributed by atoms with Crippen molar-refractivity contribution < 1.29 is 9.22 Å². The number of hydrogen-bond acceptors (Lipinski definition) is 2. The molecular formula is C12H22O2Si. The van der Waals surface area contributed by atoms with Crippen LogP contribution in [0.3, 0.4) is 0 Å². The van der Waals surface area contributed by atoms with Crippen LogP contribution in [-0.4, -0.2) is 20.2 Å². The van der Waals surface area contributed by atoms with Crippen molar-refractivity contribution in [1.29, 1.82) is 0 Å². The highest BCUT2D eigenvalue weighted by Crippen LogP contribution is 2.42. The second-order valence-corrected chi connectivity index (χ2v) is 10.5. The first-order chi connectivity index (χ1) is 6.97. The monoisotopic (exact) mass is 226 g/mol. The predicted molar refractivity (Wildman–Crippen MR) is 63.3 cm³/mol. The Morgan fingerprint density at radius 3 is 2.60 bits per heavy atom. The third kappa shape index (κ3) is 2.51. The zero-order valence-electron chi connectivity index (χ0n) is 10.1. The largest absolute Gasteiger partial charge is 0.414 e. The average molecular weight is 226 g/mol. The number of fused-ring (bicyclic) bond motifs is 1. The van der Waals surface area contributed by atoms with E-state index in [9.17, 15) is 4.79 Å². The SMILES string of the molecule is C[Si](C)(C)O[C@H]1CC[C@@H]2CCCC(=O)[C@@H]21. The lowest BCUT2D eigenvalue weighted by Crippen LogP contribution is -2.39. The van der Waals surface area contributed by atoms with Crippen molar-refractivity contribution in [2.75, 3.05) is 0 Å². The third-order valence-corrected chi connectivity index (χ3v) is 4.62. The molecule has 0 aliphatic heterocycles. The molecule has 0 aromatic carbocycles. The van der Waals surface area contributed by atoms with Gasteiger partial charge in [-0.1, -0.05) is 0 Å². The van der Waals surface area contributed by atoms with Gasteiger partial charge in [-0.15, -0.1) is 0 Å². The summed E-state index contributed by atoms with van der Waals surface area (Å²) in [7, 11) is -1.48. The lowest BCUT2D eigenvalue weighted by atomic mass is 9.80. The highest BCUT2D eigenvalue weighted by molar-refractivity contribution is 6.69. The fourth-order valence-corrected chi connectivity index (χ4v) is 4.30. The highest BCUT2D eigenvalue weighted by atomic mass is 28.4. The van der Waals surface area contributed by atoms with E-state index in [4.69, 9.17) is 4.43 Å². The van der Waals surface area contributed by atoms with Gasteiger partial charge in [-0.2, -0.15) is 0 Å². The molecular weight excluding hydrogens is 204 g/mol. The van der Waals surface area contributed by atoms with Crippen LogP contribution in [0.2, 0.25) is 19.6 Å². The lowest BCUT2D eigenvalue weighted by molar-refractivity contribution is -0.128. The summed E-state index contributed by atoms with van der Waals surface area (Å²) in [5.74, 6) is 1.38. The summed E-state index contributed by atoms with van der Waals surface area (Å²) in [5.41, 5.74) is 0. The minimum Gasteiger partial charge on any atom is -0.414 e. The van der Waals surface area contributed by atoms with Crippen LogP contribution in [0.15, 0.2) is 0 Å². The van der Waals surface area contributed by atoms with Crippen LogP contribution in [0.25, 0.3) is 0 Å². The van der Waals surface area contributed by atoms with E-state index >= 15 is 0 Å². The molecule has 2 nitrogen and oxygen atoms in total. The van der Waals surface area contributed by atoms with Gasteiger partial charge in [0.15, 0.2) is 8.32 Å². The summed E-state index contributed by atoms with van der Waals surface area (Å²) in [6, 6.07) is 0. The smallest absolute Gasteiger partial charge is 0.184 e. The molecule has 0 aromatic rings. The Bertz CT molecular complexity index is 257. The van der Waals surface area contributed by atoms with Crippen LogP contribution < -0.4 is 0 Å². The second kappa shape index (κ2) is 4.02. The predicted octanol–water partition coefficient (Wildman–Crippen LogP) is 2.99. The summed E-state index contributed by atoms with van der Waals surface area (Å²) in [6.45, 7) is 6.65. The Hall–Kier alpha value is -0.153. The molecule has 3 heteroatoms. The van der Waals surface area contributed by atoms with E-state index in [-0.39, 0.29) is 12.0 Å². The Balaban J connectivity index is 2.05. The van der Waals surface area contributed by atoms with E-state index in [2.05, 4.69) is 19.6 Å². The summed E-state index contributed by atoms with van der Waals surface area (Å²) >= 11 is 0. The molecule has 0 amide bonds. The van der Waals surface area contributed by atoms with Crippen LogP contribution in [0.1, 0.15) is 32.1 Å². The maximum absolute atomic E-state index is 11.9. The van der Waals surface area contributed by atoms with Crippen LogP contribution in [0, 0.1) is 11.8 Å². The molecule has 2 rings (SSSR count). The molecule has 0 spiro atoms. The van der Waals surface area contributed by atoms with E-state index in [1.807, 2.05) is 0 Å². The van der Waals surface area contributed by atoms with Crippen molar-refractivity contribution in [3.63, 3.8) is 0 Å². The van der Waals surface area contributed by atoms with Gasteiger partial charge in [0.2, 0.25) is 0 Å². The number of Topliss-reactive ketones (excluding diaryl/α,β-unsaturated/α-hetero) is 1. The molecule has 2 saturated carbocycles. The van der Waals surface area contributed by atoms with Gasteiger partial charge < -0.3 is 4.43 Å². The second-order valence-electron chi connectivity index (χ2n) is 5.99. The van der Waals surface area contributed by atoms with Crippen molar-refractivity contribution in [2.24, 2.45) is 11.8 Å². The summed E-state index contributed by atoms with van der Waals surface area (Å²) < 4.78 is 6.16. The maximum Gasteiger partial charge on any atom is 0.184 e. The van der Waals surface area contributed by atoms with Gasteiger partial charge in [0.1, 0.15) is 5.78 Å². The molecule has 2 aliphatic rings. The lowest BCUT2D eigenvalue weighted by Gasteiger charge is -2.31. The number of carbonyl (C=O) groups excluding carboxylic acids is 1. The summed E-state index contributed by atoms with van der Waals surface area (Å²) in [6.07, 6.45) is 5.75. The van der Waals surface area contributed by atoms with Crippen LogP contribution >= 0.6 is 0 Å². The maximum atomic E-state index is 11.9. The number of hydrogen-bond donors (Lipinski definition) is 0. The van der Waals surface area contributed by atoms with E-state index in [1.54, 1.807) is 0 Å². The van der Waals surface area contributed by atoms with Gasteiger partial charge in [0, 0.05) is 12.3 Å². The van der Waals surface area contributed by atoms with Gasteiger partial charge in [-0.3, -0.25) is 4.79 Å². The molecule has 0 N–H and O–H groups in total. The zero-order valence-corrected chi connectivity index (χ0v) is 11.1. The molecule has 2 aliphatic carbocycles. The van der Waals surface area contributed by atoms with Crippen LogP contribution in [0.5, 0.6) is 0 Å². The number of ketones is 1. The molecule has 0 heterocycles. The quantitative estimate of drug-likeness (QED) is 0.677. The Morgan fingerprint density at radius 1 is 1.20 bits per heavy atom. The molecule has 0 aromatic heterocycles. The molecule has 0 radical (unpaired) electrons. The fourth-order valence-electron chi connectivity index (χ4n) is 3.13. The van der Waals surface area contributed by atoms with Crippen molar-refractivity contribution in [2.45, 2.75) is 57.8 Å². The van der Waals surface area contributed by atoms with Gasteiger partial charge >= 0.3 is 0 Å². The first kappa shape index (κ1) is 11.3. The van der Waals surface area contributed by atoms with Crippen LogP contribution in [-0.2, 0) is 9.22 Å². The first-order valence-electron chi connectivity index (χ1n) is 6.18. The van der Waals surface area contributed by atoms with Gasteiger partial charge in [-0.25, -0.2) is 0 Å². The molecule has 0 bridgehead atoms.